The fraction of sp³-hybridized carbons (Fsp3) is 0.208. The quantitative estimate of drug-likeness (QED) is 0.519. The Morgan fingerprint density at radius 1 is 1.29 bits per heavy atom. The summed E-state index contributed by atoms with van der Waals surface area (Å²) in [5.74, 6) is -1.36. The Hall–Kier alpha value is -4.54. The molecule has 2 N–H and O–H groups in total. The number of nitrogens with one attached hydrogen (secondary N) is 1. The highest BCUT2D eigenvalue weighted by Crippen LogP contribution is 2.44. The van der Waals surface area contributed by atoms with Gasteiger partial charge in [-0.05, 0) is 36.8 Å². The lowest BCUT2D eigenvalue weighted by Crippen LogP contribution is -2.46. The van der Waals surface area contributed by atoms with Crippen molar-refractivity contribution in [1.82, 2.24) is 20.1 Å². The summed E-state index contributed by atoms with van der Waals surface area (Å²) in [5, 5.41) is 13.5. The van der Waals surface area contributed by atoms with E-state index >= 15 is 0 Å². The van der Waals surface area contributed by atoms with Gasteiger partial charge in [0.15, 0.2) is 5.75 Å². The number of hydrogen-bond acceptors (Lipinski definition) is 7. The van der Waals surface area contributed by atoms with Gasteiger partial charge in [0, 0.05) is 30.2 Å². The minimum Gasteiger partial charge on any atom is -0.505 e. The molecule has 1 aliphatic heterocycles. The molecule has 2 aromatic carbocycles. The Morgan fingerprint density at radius 3 is 2.71 bits per heavy atom. The second kappa shape index (κ2) is 9.75. The third-order valence-electron chi connectivity index (χ3n) is 5.47. The minimum absolute atomic E-state index is 0.0264. The lowest BCUT2D eigenvalue weighted by Gasteiger charge is -2.20. The van der Waals surface area contributed by atoms with Crippen LogP contribution in [-0.4, -0.2) is 57.3 Å². The molecule has 0 atom stereocenters. The molecule has 0 fully saturated rings. The number of fused-ring (bicyclic) bond motifs is 2. The maximum atomic E-state index is 13.3. The number of carbonyl (C=O) groups is 4. The van der Waals surface area contributed by atoms with E-state index in [0.717, 1.165) is 0 Å². The van der Waals surface area contributed by atoms with Crippen molar-refractivity contribution in [2.75, 3.05) is 13.1 Å². The number of phenolic OH excluding ortho intramolecular Hbond substituents is 1. The summed E-state index contributed by atoms with van der Waals surface area (Å²) in [6, 6.07) is 7.91. The monoisotopic (exact) mass is 480 g/mol. The van der Waals surface area contributed by atoms with Crippen molar-refractivity contribution in [3.8, 4) is 11.5 Å². The van der Waals surface area contributed by atoms with E-state index < -0.39 is 30.4 Å². The van der Waals surface area contributed by atoms with E-state index in [0.29, 0.717) is 16.7 Å². The summed E-state index contributed by atoms with van der Waals surface area (Å²) in [7, 11) is 0. The predicted molar refractivity (Wildman–Crippen MR) is 121 cm³/mol. The van der Waals surface area contributed by atoms with Crippen LogP contribution in [0.3, 0.4) is 0 Å². The molecule has 0 unspecified atom stereocenters. The largest absolute Gasteiger partial charge is 0.505 e. The highest BCUT2D eigenvalue weighted by Gasteiger charge is 2.37. The number of nitrogens with zero attached hydrogens (tertiary/aromatic N) is 3. The van der Waals surface area contributed by atoms with Crippen LogP contribution in [0.5, 0.6) is 11.5 Å². The second-order valence-electron chi connectivity index (χ2n) is 7.70. The first-order chi connectivity index (χ1) is 16.8. The van der Waals surface area contributed by atoms with Crippen molar-refractivity contribution >= 4 is 35.2 Å². The molecule has 35 heavy (non-hydrogen) atoms. The topological polar surface area (TPSA) is 129 Å². The number of ether oxygens (including phenoxy) is 1. The van der Waals surface area contributed by atoms with Gasteiger partial charge < -0.3 is 24.9 Å². The molecule has 1 aromatic heterocycles. The molecule has 10 nitrogen and oxygen atoms in total. The summed E-state index contributed by atoms with van der Waals surface area (Å²) in [4.78, 5) is 55.5. The van der Waals surface area contributed by atoms with Crippen LogP contribution in [0.25, 0.3) is 10.9 Å². The lowest BCUT2D eigenvalue weighted by molar-refractivity contribution is -0.108. The number of hydrogen-bond donors (Lipinski definition) is 2. The maximum absolute atomic E-state index is 13.3. The van der Waals surface area contributed by atoms with Gasteiger partial charge in [-0.1, -0.05) is 12.1 Å². The number of pyridine rings is 1. The van der Waals surface area contributed by atoms with Crippen LogP contribution < -0.4 is 10.1 Å². The highest BCUT2D eigenvalue weighted by atomic mass is 19.1. The second-order valence-corrected chi connectivity index (χ2v) is 7.70. The molecule has 4 rings (SSSR count). The Morgan fingerprint density at radius 2 is 2.03 bits per heavy atom. The number of carbonyl (C=O) groups excluding carboxylic acids is 4. The molecule has 11 heteroatoms. The van der Waals surface area contributed by atoms with Gasteiger partial charge in [0.2, 0.25) is 0 Å². The smallest absolute Gasteiger partial charge is 0.423 e. The zero-order valence-electron chi connectivity index (χ0n) is 18.7. The van der Waals surface area contributed by atoms with Gasteiger partial charge in [-0.15, -0.1) is 0 Å². The van der Waals surface area contributed by atoms with Crippen molar-refractivity contribution in [1.29, 1.82) is 0 Å². The van der Waals surface area contributed by atoms with E-state index in [2.05, 4.69) is 10.3 Å². The molecule has 180 valence electrons. The maximum Gasteiger partial charge on any atom is 0.423 e. The van der Waals surface area contributed by atoms with Crippen molar-refractivity contribution in [2.45, 2.75) is 20.0 Å². The van der Waals surface area contributed by atoms with Crippen LogP contribution in [0, 0.1) is 5.82 Å². The third kappa shape index (κ3) is 4.47. The van der Waals surface area contributed by atoms with Gasteiger partial charge in [0.05, 0.1) is 18.7 Å². The molecule has 0 saturated heterocycles. The van der Waals surface area contributed by atoms with Crippen molar-refractivity contribution < 1.29 is 33.4 Å². The molecule has 0 radical (unpaired) electrons. The van der Waals surface area contributed by atoms with Crippen molar-refractivity contribution in [3.63, 3.8) is 0 Å². The number of imide groups is 1. The van der Waals surface area contributed by atoms with Crippen LogP contribution >= 0.6 is 0 Å². The fourth-order valence-corrected chi connectivity index (χ4v) is 3.88. The van der Waals surface area contributed by atoms with Gasteiger partial charge in [0.25, 0.3) is 5.91 Å². The van der Waals surface area contributed by atoms with Gasteiger partial charge in [-0.3, -0.25) is 9.78 Å². The summed E-state index contributed by atoms with van der Waals surface area (Å²) >= 11 is 0. The molecular formula is C24H21FN4O6. The van der Waals surface area contributed by atoms with E-state index in [-0.39, 0.29) is 53.2 Å². The number of phenols is 1. The number of amides is 4. The number of rotatable bonds is 6. The van der Waals surface area contributed by atoms with E-state index in [1.807, 2.05) is 0 Å². The first-order valence-corrected chi connectivity index (χ1v) is 10.7. The molecule has 0 spiro atoms. The number of aldehydes is 1. The number of aromatic nitrogens is 1. The highest BCUT2D eigenvalue weighted by molar-refractivity contribution is 6.09. The summed E-state index contributed by atoms with van der Waals surface area (Å²) in [6.07, 6.45) is 0.652. The van der Waals surface area contributed by atoms with Crippen molar-refractivity contribution in [2.24, 2.45) is 0 Å². The van der Waals surface area contributed by atoms with E-state index in [1.165, 1.54) is 35.4 Å². The average molecular weight is 480 g/mol. The Kier molecular flexibility index (Phi) is 6.58. The molecular weight excluding hydrogens is 459 g/mol. The van der Waals surface area contributed by atoms with Crippen LogP contribution in [-0.2, 0) is 17.9 Å². The number of urea groups is 1. The zero-order chi connectivity index (χ0) is 25.1. The van der Waals surface area contributed by atoms with Crippen molar-refractivity contribution in [3.05, 3.63) is 65.1 Å². The van der Waals surface area contributed by atoms with E-state index in [1.54, 1.807) is 19.1 Å². The molecule has 0 bridgehead atoms. The fourth-order valence-electron chi connectivity index (χ4n) is 3.88. The van der Waals surface area contributed by atoms with E-state index in [4.69, 9.17) is 4.74 Å². The Bertz CT molecular complexity index is 1330. The van der Waals surface area contributed by atoms with Gasteiger partial charge in [-0.25, -0.2) is 18.9 Å². The molecule has 4 amide bonds. The third-order valence-corrected chi connectivity index (χ3v) is 5.47. The van der Waals surface area contributed by atoms with Crippen LogP contribution in [0.15, 0.2) is 42.6 Å². The molecule has 0 saturated carbocycles. The molecule has 1 aliphatic rings. The first kappa shape index (κ1) is 23.6. The summed E-state index contributed by atoms with van der Waals surface area (Å²) in [5.41, 5.74) is 0.833. The van der Waals surface area contributed by atoms with Gasteiger partial charge >= 0.3 is 12.1 Å². The first-order valence-electron chi connectivity index (χ1n) is 10.7. The predicted octanol–water partition coefficient (Wildman–Crippen LogP) is 2.96. The lowest BCUT2D eigenvalue weighted by atomic mass is 10.0. The van der Waals surface area contributed by atoms with Gasteiger partial charge in [-0.2, -0.15) is 0 Å². The van der Waals surface area contributed by atoms with Gasteiger partial charge in [0.1, 0.15) is 23.4 Å². The van der Waals surface area contributed by atoms with Crippen LogP contribution in [0.2, 0.25) is 0 Å². The summed E-state index contributed by atoms with van der Waals surface area (Å²) in [6.45, 7) is 1.41. The standard InChI is InChI=1S/C24H21FN4O6/c1-2-26-23(33)29(10-11-30)24(34)35-21-16-4-3-9-27-19(16)20(31)18-17(21)13-28(22(18)32)12-14-5-7-15(25)8-6-14/h3-9,11,31H,2,10,12-13H2,1H3,(H,26,33). The Labute approximate surface area is 198 Å². The number of benzene rings is 2. The van der Waals surface area contributed by atoms with Crippen LogP contribution in [0.4, 0.5) is 14.0 Å². The minimum atomic E-state index is -1.13. The normalized spacial score (nSPS) is 12.4. The summed E-state index contributed by atoms with van der Waals surface area (Å²) < 4.78 is 18.8. The zero-order valence-corrected chi connectivity index (χ0v) is 18.7. The Balaban J connectivity index is 1.75. The molecule has 0 aliphatic carbocycles. The number of aromatic hydroxyl groups is 1. The number of halogens is 1. The average Bonchev–Trinajstić information content (AvgIpc) is 3.17. The van der Waals surface area contributed by atoms with E-state index in [9.17, 15) is 28.7 Å². The van der Waals surface area contributed by atoms with Crippen LogP contribution in [0.1, 0.15) is 28.4 Å². The molecule has 2 heterocycles. The molecule has 3 aromatic rings. The SMILES string of the molecule is CCNC(=O)N(CC=O)C(=O)Oc1c2c(c(O)c3ncccc13)C(=O)N(Cc1ccc(F)cc1)C2.